The summed E-state index contributed by atoms with van der Waals surface area (Å²) in [4.78, 5) is 22.3. The fourth-order valence-electron chi connectivity index (χ4n) is 1.53. The molecule has 0 unspecified atom stereocenters. The summed E-state index contributed by atoms with van der Waals surface area (Å²) >= 11 is 0. The van der Waals surface area contributed by atoms with E-state index in [-0.39, 0.29) is 18.5 Å². The number of unbranched alkanes of at least 4 members (excludes halogenated alkanes) is 1. The first-order chi connectivity index (χ1) is 10.2. The van der Waals surface area contributed by atoms with Gasteiger partial charge in [0.2, 0.25) is 0 Å². The van der Waals surface area contributed by atoms with Gasteiger partial charge in [0.15, 0.2) is 0 Å². The van der Waals surface area contributed by atoms with Crippen LogP contribution in [0.4, 0.5) is 0 Å². The maximum absolute atomic E-state index is 11.2. The Morgan fingerprint density at radius 3 is 1.90 bits per heavy atom. The molecule has 0 aliphatic heterocycles. The Morgan fingerprint density at radius 1 is 0.810 bits per heavy atom. The van der Waals surface area contributed by atoms with Gasteiger partial charge >= 0.3 is 11.9 Å². The summed E-state index contributed by atoms with van der Waals surface area (Å²) in [5, 5.41) is 8.57. The van der Waals surface area contributed by atoms with Gasteiger partial charge in [-0.15, -0.1) is 0 Å². The highest BCUT2D eigenvalue weighted by Crippen LogP contribution is 1.98. The van der Waals surface area contributed by atoms with Crippen LogP contribution in [0.1, 0.15) is 51.9 Å². The second kappa shape index (κ2) is 15.3. The molecule has 124 valence electrons. The number of hydrogen-bond acceptors (Lipinski definition) is 6. The third kappa shape index (κ3) is 15.1. The minimum Gasteiger partial charge on any atom is -0.466 e. The van der Waals surface area contributed by atoms with Crippen LogP contribution in [-0.2, 0) is 23.8 Å². The topological polar surface area (TPSA) is 82.1 Å². The van der Waals surface area contributed by atoms with E-state index < -0.39 is 0 Å². The quantitative estimate of drug-likeness (QED) is 0.389. The van der Waals surface area contributed by atoms with E-state index in [1.165, 1.54) is 0 Å². The number of rotatable bonds is 14. The highest BCUT2D eigenvalue weighted by Gasteiger charge is 2.02. The van der Waals surface area contributed by atoms with Gasteiger partial charge in [-0.05, 0) is 19.3 Å². The first kappa shape index (κ1) is 19.9. The molecule has 6 heteroatoms. The standard InChI is InChI=1S/C15H28O6/c1-2-7-14(17)20-12-5-10-19-11-6-13-21-15(18)8-3-4-9-16/h16H,2-13H2,1H3. The molecule has 1 N–H and O–H groups in total. The average molecular weight is 304 g/mol. The number of carbonyl (C=O) groups is 2. The van der Waals surface area contributed by atoms with Crippen LogP contribution in [0, 0.1) is 0 Å². The molecule has 0 aliphatic carbocycles. The Hall–Kier alpha value is -1.14. The summed E-state index contributed by atoms with van der Waals surface area (Å²) in [6.07, 6.45) is 4.23. The summed E-state index contributed by atoms with van der Waals surface area (Å²) in [5.74, 6) is -0.392. The van der Waals surface area contributed by atoms with Crippen LogP contribution >= 0.6 is 0 Å². The first-order valence-electron chi connectivity index (χ1n) is 7.70. The fourth-order valence-corrected chi connectivity index (χ4v) is 1.53. The zero-order valence-corrected chi connectivity index (χ0v) is 13.0. The highest BCUT2D eigenvalue weighted by atomic mass is 16.5. The number of esters is 2. The SMILES string of the molecule is CCCC(=O)OCCCOCCCOC(=O)CCCCO. The predicted octanol–water partition coefficient (Wildman–Crippen LogP) is 1.83. The molecule has 0 aromatic rings. The van der Waals surface area contributed by atoms with Crippen molar-refractivity contribution in [3.63, 3.8) is 0 Å². The molecule has 0 aromatic carbocycles. The van der Waals surface area contributed by atoms with Crippen LogP contribution < -0.4 is 0 Å². The summed E-state index contributed by atoms with van der Waals surface area (Å²) < 4.78 is 15.3. The van der Waals surface area contributed by atoms with Crippen LogP contribution in [0.5, 0.6) is 0 Å². The highest BCUT2D eigenvalue weighted by molar-refractivity contribution is 5.69. The van der Waals surface area contributed by atoms with Crippen molar-refractivity contribution < 1.29 is 28.9 Å². The van der Waals surface area contributed by atoms with E-state index >= 15 is 0 Å². The van der Waals surface area contributed by atoms with Crippen molar-refractivity contribution in [1.82, 2.24) is 0 Å². The van der Waals surface area contributed by atoms with Crippen molar-refractivity contribution in [3.05, 3.63) is 0 Å². The Balaban J connectivity index is 3.18. The molecule has 0 heterocycles. The van der Waals surface area contributed by atoms with Crippen molar-refractivity contribution in [1.29, 1.82) is 0 Å². The minimum atomic E-state index is -0.230. The normalized spacial score (nSPS) is 10.4. The van der Waals surface area contributed by atoms with E-state index in [4.69, 9.17) is 19.3 Å². The smallest absolute Gasteiger partial charge is 0.305 e. The molecule has 0 aromatic heterocycles. The Labute approximate surface area is 126 Å². The minimum absolute atomic E-state index is 0.106. The lowest BCUT2D eigenvalue weighted by molar-refractivity contribution is -0.144. The first-order valence-corrected chi connectivity index (χ1v) is 7.70. The lowest BCUT2D eigenvalue weighted by Crippen LogP contribution is -2.10. The molecule has 0 saturated heterocycles. The number of hydrogen-bond donors (Lipinski definition) is 1. The molecule has 21 heavy (non-hydrogen) atoms. The zero-order chi connectivity index (χ0) is 15.8. The summed E-state index contributed by atoms with van der Waals surface area (Å²) in [6, 6.07) is 0. The van der Waals surface area contributed by atoms with Crippen molar-refractivity contribution in [2.45, 2.75) is 51.9 Å². The van der Waals surface area contributed by atoms with Crippen LogP contribution in [0.25, 0.3) is 0 Å². The van der Waals surface area contributed by atoms with Crippen molar-refractivity contribution in [2.75, 3.05) is 33.0 Å². The van der Waals surface area contributed by atoms with Crippen LogP contribution in [0.15, 0.2) is 0 Å². The predicted molar refractivity (Wildman–Crippen MR) is 77.8 cm³/mol. The van der Waals surface area contributed by atoms with Crippen molar-refractivity contribution in [2.24, 2.45) is 0 Å². The van der Waals surface area contributed by atoms with Crippen LogP contribution in [-0.4, -0.2) is 50.1 Å². The third-order valence-electron chi connectivity index (χ3n) is 2.64. The van der Waals surface area contributed by atoms with E-state index in [1.54, 1.807) is 0 Å². The fraction of sp³-hybridized carbons (Fsp3) is 0.867. The van der Waals surface area contributed by atoms with Gasteiger partial charge in [-0.3, -0.25) is 9.59 Å². The molecule has 0 radical (unpaired) electrons. The molecular formula is C15H28O6. The van der Waals surface area contributed by atoms with Gasteiger partial charge < -0.3 is 19.3 Å². The van der Waals surface area contributed by atoms with E-state index in [1.807, 2.05) is 6.92 Å². The molecule has 0 aliphatic rings. The average Bonchev–Trinajstić information content (AvgIpc) is 2.46. The molecule has 0 amide bonds. The maximum atomic E-state index is 11.2. The molecule has 0 saturated carbocycles. The molecule has 6 nitrogen and oxygen atoms in total. The molecule has 0 rings (SSSR count). The van der Waals surface area contributed by atoms with Gasteiger partial charge in [0, 0.05) is 45.5 Å². The Kier molecular flexibility index (Phi) is 14.4. The monoisotopic (exact) mass is 304 g/mol. The molecule has 0 spiro atoms. The van der Waals surface area contributed by atoms with Gasteiger partial charge in [-0.2, -0.15) is 0 Å². The van der Waals surface area contributed by atoms with Gasteiger partial charge in [-0.25, -0.2) is 0 Å². The second-order valence-electron chi connectivity index (χ2n) is 4.69. The number of ether oxygens (including phenoxy) is 3. The van der Waals surface area contributed by atoms with E-state index in [0.717, 1.165) is 6.42 Å². The summed E-state index contributed by atoms with van der Waals surface area (Å²) in [7, 11) is 0. The number of aliphatic hydroxyl groups excluding tert-OH is 1. The van der Waals surface area contributed by atoms with E-state index in [9.17, 15) is 9.59 Å². The van der Waals surface area contributed by atoms with Crippen LogP contribution in [0.2, 0.25) is 0 Å². The van der Waals surface area contributed by atoms with Gasteiger partial charge in [-0.1, -0.05) is 6.92 Å². The molecule has 0 fully saturated rings. The lowest BCUT2D eigenvalue weighted by atomic mass is 10.2. The summed E-state index contributed by atoms with van der Waals surface area (Å²) in [5.41, 5.74) is 0. The maximum Gasteiger partial charge on any atom is 0.305 e. The summed E-state index contributed by atoms with van der Waals surface area (Å²) in [6.45, 7) is 3.83. The van der Waals surface area contributed by atoms with Crippen molar-refractivity contribution >= 4 is 11.9 Å². The van der Waals surface area contributed by atoms with Gasteiger partial charge in [0.1, 0.15) is 0 Å². The van der Waals surface area contributed by atoms with Crippen molar-refractivity contribution in [3.8, 4) is 0 Å². The van der Waals surface area contributed by atoms with Gasteiger partial charge in [0.05, 0.1) is 13.2 Å². The lowest BCUT2D eigenvalue weighted by Gasteiger charge is -2.06. The number of aliphatic hydroxyl groups is 1. The molecule has 0 atom stereocenters. The second-order valence-corrected chi connectivity index (χ2v) is 4.69. The van der Waals surface area contributed by atoms with E-state index in [0.29, 0.717) is 65.0 Å². The van der Waals surface area contributed by atoms with E-state index in [2.05, 4.69) is 0 Å². The zero-order valence-electron chi connectivity index (χ0n) is 13.0. The Morgan fingerprint density at radius 2 is 1.38 bits per heavy atom. The van der Waals surface area contributed by atoms with Gasteiger partial charge in [0.25, 0.3) is 0 Å². The Bertz CT molecular complexity index is 267. The third-order valence-corrected chi connectivity index (χ3v) is 2.64. The molecular weight excluding hydrogens is 276 g/mol. The molecule has 0 bridgehead atoms. The largest absolute Gasteiger partial charge is 0.466 e. The number of carbonyl (C=O) groups excluding carboxylic acids is 2. The van der Waals surface area contributed by atoms with Crippen LogP contribution in [0.3, 0.4) is 0 Å².